The van der Waals surface area contributed by atoms with E-state index in [0.717, 1.165) is 12.1 Å². The molecule has 0 radical (unpaired) electrons. The Morgan fingerprint density at radius 3 is 2.67 bits per heavy atom. The van der Waals surface area contributed by atoms with Gasteiger partial charge in [-0.25, -0.2) is 4.68 Å². The van der Waals surface area contributed by atoms with E-state index in [9.17, 15) is 18.0 Å². The minimum atomic E-state index is -4.43. The third-order valence-corrected chi connectivity index (χ3v) is 2.45. The average Bonchev–Trinajstić information content (AvgIpc) is 2.69. The molecule has 0 aliphatic carbocycles. The molecule has 0 fully saturated rings. The van der Waals surface area contributed by atoms with Gasteiger partial charge in [-0.15, -0.1) is 5.10 Å². The molecule has 0 aliphatic heterocycles. The van der Waals surface area contributed by atoms with Crippen LogP contribution in [0.4, 0.5) is 13.2 Å². The molecule has 2 aromatic rings. The lowest BCUT2D eigenvalue weighted by Gasteiger charge is -2.07. The topological polar surface area (TPSA) is 47.8 Å². The molecule has 0 amide bonds. The zero-order valence-corrected chi connectivity index (χ0v) is 9.27. The van der Waals surface area contributed by atoms with Crippen molar-refractivity contribution in [2.45, 2.75) is 6.18 Å². The number of hydrogen-bond acceptors (Lipinski definition) is 3. The van der Waals surface area contributed by atoms with Crippen LogP contribution in [0, 0.1) is 0 Å². The van der Waals surface area contributed by atoms with Gasteiger partial charge in [-0.1, -0.05) is 17.3 Å². The highest BCUT2D eigenvalue weighted by atomic mass is 19.4. The van der Waals surface area contributed by atoms with E-state index >= 15 is 0 Å². The molecule has 0 bridgehead atoms. The Bertz CT molecular complexity index is 589. The number of carbonyl (C=O) groups is 1. The van der Waals surface area contributed by atoms with Gasteiger partial charge in [0.15, 0.2) is 6.29 Å². The number of aldehydes is 1. The predicted molar refractivity (Wildman–Crippen MR) is 56.8 cm³/mol. The highest BCUT2D eigenvalue weighted by molar-refractivity contribution is 5.83. The molecule has 2 rings (SSSR count). The third kappa shape index (κ3) is 2.11. The highest BCUT2D eigenvalue weighted by Gasteiger charge is 2.30. The van der Waals surface area contributed by atoms with Gasteiger partial charge in [-0.2, -0.15) is 13.2 Å². The largest absolute Gasteiger partial charge is 0.416 e. The van der Waals surface area contributed by atoms with Gasteiger partial charge in [-0.05, 0) is 12.1 Å². The monoisotopic (exact) mass is 255 g/mol. The second-order valence-corrected chi connectivity index (χ2v) is 3.64. The van der Waals surface area contributed by atoms with Crippen LogP contribution in [-0.4, -0.2) is 21.3 Å². The van der Waals surface area contributed by atoms with Crippen LogP contribution < -0.4 is 0 Å². The van der Waals surface area contributed by atoms with Crippen LogP contribution in [0.5, 0.6) is 0 Å². The van der Waals surface area contributed by atoms with Gasteiger partial charge in [0.2, 0.25) is 0 Å². The van der Waals surface area contributed by atoms with Crippen LogP contribution in [0.25, 0.3) is 11.3 Å². The van der Waals surface area contributed by atoms with Crippen molar-refractivity contribution >= 4 is 6.29 Å². The Kier molecular flexibility index (Phi) is 2.90. The fourth-order valence-electron chi connectivity index (χ4n) is 1.55. The number of alkyl halides is 3. The van der Waals surface area contributed by atoms with Gasteiger partial charge in [0.1, 0.15) is 11.4 Å². The average molecular weight is 255 g/mol. The van der Waals surface area contributed by atoms with Crippen LogP contribution in [0.3, 0.4) is 0 Å². The first-order valence-electron chi connectivity index (χ1n) is 4.96. The van der Waals surface area contributed by atoms with E-state index in [0.29, 0.717) is 6.29 Å². The van der Waals surface area contributed by atoms with Crippen molar-refractivity contribution in [3.8, 4) is 11.3 Å². The molecule has 94 valence electrons. The number of nitrogens with zero attached hydrogens (tertiary/aromatic N) is 3. The van der Waals surface area contributed by atoms with Crippen LogP contribution >= 0.6 is 0 Å². The Hall–Kier alpha value is -2.18. The summed E-state index contributed by atoms with van der Waals surface area (Å²) in [6.45, 7) is 0. The van der Waals surface area contributed by atoms with Crippen molar-refractivity contribution in [3.63, 3.8) is 0 Å². The van der Waals surface area contributed by atoms with Crippen LogP contribution in [0.15, 0.2) is 24.3 Å². The number of hydrogen-bond donors (Lipinski definition) is 0. The van der Waals surface area contributed by atoms with Crippen LogP contribution in [0.1, 0.15) is 16.1 Å². The summed E-state index contributed by atoms with van der Waals surface area (Å²) in [6, 6.07) is 4.62. The summed E-state index contributed by atoms with van der Waals surface area (Å²) in [6.07, 6.45) is -3.92. The molecule has 1 aromatic heterocycles. The molecule has 4 nitrogen and oxygen atoms in total. The molecule has 1 heterocycles. The fraction of sp³-hybridized carbons (Fsp3) is 0.182. The van der Waals surface area contributed by atoms with Gasteiger partial charge in [0.25, 0.3) is 0 Å². The van der Waals surface area contributed by atoms with Gasteiger partial charge >= 0.3 is 6.18 Å². The summed E-state index contributed by atoms with van der Waals surface area (Å²) >= 11 is 0. The zero-order chi connectivity index (χ0) is 13.3. The Balaban J connectivity index is 2.55. The first kappa shape index (κ1) is 12.3. The Morgan fingerprint density at radius 1 is 1.33 bits per heavy atom. The summed E-state index contributed by atoms with van der Waals surface area (Å²) in [5, 5.41) is 7.30. The van der Waals surface area contributed by atoms with E-state index < -0.39 is 11.7 Å². The summed E-state index contributed by atoms with van der Waals surface area (Å²) in [7, 11) is 1.49. The standard InChI is InChI=1S/C11H8F3N3O/c1-17-9(6-18)10(15-16-17)7-3-2-4-8(5-7)11(12,13)14/h2-6H,1H3. The summed E-state index contributed by atoms with van der Waals surface area (Å²) in [5.74, 6) is 0. The number of aryl methyl sites for hydroxylation is 1. The normalized spacial score (nSPS) is 11.6. The Morgan fingerprint density at radius 2 is 2.06 bits per heavy atom. The Labute approximate surface area is 100 Å². The number of aromatic nitrogens is 3. The van der Waals surface area contributed by atoms with E-state index in [4.69, 9.17) is 0 Å². The minimum absolute atomic E-state index is 0.134. The third-order valence-electron chi connectivity index (χ3n) is 2.45. The SMILES string of the molecule is Cn1nnc(-c2cccc(C(F)(F)F)c2)c1C=O. The molecule has 1 aromatic carbocycles. The van der Waals surface area contributed by atoms with Gasteiger partial charge in [0.05, 0.1) is 5.56 Å². The molecule has 0 saturated carbocycles. The van der Waals surface area contributed by atoms with E-state index in [1.54, 1.807) is 0 Å². The van der Waals surface area contributed by atoms with Gasteiger partial charge in [0, 0.05) is 12.6 Å². The molecule has 0 N–H and O–H groups in total. The maximum absolute atomic E-state index is 12.6. The summed E-state index contributed by atoms with van der Waals surface area (Å²) in [4.78, 5) is 10.8. The first-order chi connectivity index (χ1) is 8.43. The number of rotatable bonds is 2. The molecule has 0 unspecified atom stereocenters. The predicted octanol–water partition coefficient (Wildman–Crippen LogP) is 2.31. The maximum atomic E-state index is 12.6. The lowest BCUT2D eigenvalue weighted by atomic mass is 10.1. The van der Waals surface area contributed by atoms with Crippen molar-refractivity contribution in [3.05, 3.63) is 35.5 Å². The number of carbonyl (C=O) groups excluding carboxylic acids is 1. The van der Waals surface area contributed by atoms with Gasteiger partial charge < -0.3 is 0 Å². The van der Waals surface area contributed by atoms with Crippen molar-refractivity contribution in [1.82, 2.24) is 15.0 Å². The van der Waals surface area contributed by atoms with Crippen molar-refractivity contribution < 1.29 is 18.0 Å². The van der Waals surface area contributed by atoms with Crippen molar-refractivity contribution in [2.75, 3.05) is 0 Å². The van der Waals surface area contributed by atoms with E-state index in [2.05, 4.69) is 10.3 Å². The first-order valence-corrected chi connectivity index (χ1v) is 4.96. The molecule has 18 heavy (non-hydrogen) atoms. The second kappa shape index (κ2) is 4.25. The summed E-state index contributed by atoms with van der Waals surface area (Å²) in [5.41, 5.74) is -0.310. The zero-order valence-electron chi connectivity index (χ0n) is 9.27. The lowest BCUT2D eigenvalue weighted by Crippen LogP contribution is -2.04. The molecule has 0 atom stereocenters. The highest BCUT2D eigenvalue weighted by Crippen LogP contribution is 2.32. The molecular weight excluding hydrogens is 247 g/mol. The minimum Gasteiger partial charge on any atom is -0.296 e. The summed E-state index contributed by atoms with van der Waals surface area (Å²) < 4.78 is 38.9. The van der Waals surface area contributed by atoms with Crippen LogP contribution in [0.2, 0.25) is 0 Å². The second-order valence-electron chi connectivity index (χ2n) is 3.64. The molecule has 7 heteroatoms. The number of halogens is 3. The van der Waals surface area contributed by atoms with Gasteiger partial charge in [-0.3, -0.25) is 4.79 Å². The van der Waals surface area contributed by atoms with Crippen molar-refractivity contribution in [1.29, 1.82) is 0 Å². The maximum Gasteiger partial charge on any atom is 0.416 e. The lowest BCUT2D eigenvalue weighted by molar-refractivity contribution is -0.137. The molecule has 0 spiro atoms. The van der Waals surface area contributed by atoms with Crippen LogP contribution in [-0.2, 0) is 13.2 Å². The van der Waals surface area contributed by atoms with Crippen molar-refractivity contribution in [2.24, 2.45) is 7.05 Å². The molecular formula is C11H8F3N3O. The molecule has 0 aliphatic rings. The fourth-order valence-corrected chi connectivity index (χ4v) is 1.55. The smallest absolute Gasteiger partial charge is 0.296 e. The van der Waals surface area contributed by atoms with E-state index in [1.165, 1.54) is 23.9 Å². The quantitative estimate of drug-likeness (QED) is 0.774. The molecule has 0 saturated heterocycles. The van der Waals surface area contributed by atoms with E-state index in [1.807, 2.05) is 0 Å². The number of benzene rings is 1. The van der Waals surface area contributed by atoms with E-state index in [-0.39, 0.29) is 17.0 Å².